The van der Waals surface area contributed by atoms with Gasteiger partial charge in [0.2, 0.25) is 18.3 Å². The molecule has 7 nitrogen and oxygen atoms in total. The molecule has 1 heterocycles. The minimum atomic E-state index is -0.198. The summed E-state index contributed by atoms with van der Waals surface area (Å²) in [5, 5.41) is 0. The molecule has 2 aromatic carbocycles. The second-order valence-corrected chi connectivity index (χ2v) is 7.58. The summed E-state index contributed by atoms with van der Waals surface area (Å²) in [5.74, 6) is 2.86. The molecule has 1 aliphatic heterocycles. The van der Waals surface area contributed by atoms with Crippen LogP contribution in [0.15, 0.2) is 12.1 Å². The van der Waals surface area contributed by atoms with E-state index in [0.29, 0.717) is 52.0 Å². The summed E-state index contributed by atoms with van der Waals surface area (Å²) in [6.45, 7) is 4.15. The Balaban J connectivity index is 2.18. The van der Waals surface area contributed by atoms with E-state index >= 15 is 0 Å². The predicted octanol–water partition coefficient (Wildman–Crippen LogP) is 4.13. The molecule has 0 amide bonds. The van der Waals surface area contributed by atoms with Gasteiger partial charge in [0, 0.05) is 22.6 Å². The van der Waals surface area contributed by atoms with E-state index in [4.69, 9.17) is 28.4 Å². The van der Waals surface area contributed by atoms with Gasteiger partial charge in [-0.05, 0) is 30.0 Å². The largest absolute Gasteiger partial charge is 0.493 e. The first kappa shape index (κ1) is 20.2. The van der Waals surface area contributed by atoms with Gasteiger partial charge in [-0.3, -0.25) is 4.79 Å². The van der Waals surface area contributed by atoms with E-state index in [1.807, 2.05) is 13.0 Å². The summed E-state index contributed by atoms with van der Waals surface area (Å²) in [7, 11) is 6.21. The number of carbonyl (C=O) groups excluding carboxylic acids is 1. The van der Waals surface area contributed by atoms with E-state index in [9.17, 15) is 4.79 Å². The van der Waals surface area contributed by atoms with E-state index in [1.165, 1.54) is 7.11 Å². The zero-order chi connectivity index (χ0) is 21.6. The van der Waals surface area contributed by atoms with Crippen molar-refractivity contribution in [3.8, 4) is 45.6 Å². The lowest BCUT2D eigenvalue weighted by molar-refractivity contribution is 0.0892. The van der Waals surface area contributed by atoms with Gasteiger partial charge >= 0.3 is 0 Å². The van der Waals surface area contributed by atoms with Gasteiger partial charge in [0.25, 0.3) is 0 Å². The smallest absolute Gasteiger partial charge is 0.231 e. The molecule has 0 spiro atoms. The Bertz CT molecular complexity index is 1010. The topological polar surface area (TPSA) is 72.5 Å². The first-order chi connectivity index (χ1) is 14.5. The number of Topliss-reactive ketones (excluding diaryl/α,β-unsaturated/α-hetero) is 1. The van der Waals surface area contributed by atoms with Crippen LogP contribution in [-0.2, 0) is 6.42 Å². The minimum Gasteiger partial charge on any atom is -0.493 e. The molecule has 2 aliphatic rings. The SMILES string of the molecule is COc1cc2c(c(OC)c1OC)-c1c(cc3c(c1OC)OCO3)C[C@H](C)[C@H](C)C2=O. The first-order valence-electron chi connectivity index (χ1n) is 9.83. The fourth-order valence-corrected chi connectivity index (χ4v) is 4.32. The molecule has 160 valence electrons. The fourth-order valence-electron chi connectivity index (χ4n) is 4.32. The quantitative estimate of drug-likeness (QED) is 0.745. The third-order valence-electron chi connectivity index (χ3n) is 6.06. The van der Waals surface area contributed by atoms with Gasteiger partial charge in [0.05, 0.1) is 28.4 Å². The Morgan fingerprint density at radius 3 is 2.20 bits per heavy atom. The number of carbonyl (C=O) groups is 1. The zero-order valence-electron chi connectivity index (χ0n) is 18.1. The van der Waals surface area contributed by atoms with Crippen molar-refractivity contribution in [2.24, 2.45) is 11.8 Å². The summed E-state index contributed by atoms with van der Waals surface area (Å²) in [6, 6.07) is 3.69. The van der Waals surface area contributed by atoms with Crippen LogP contribution in [0.2, 0.25) is 0 Å². The molecule has 30 heavy (non-hydrogen) atoms. The second-order valence-electron chi connectivity index (χ2n) is 7.58. The average Bonchev–Trinajstić information content (AvgIpc) is 3.23. The van der Waals surface area contributed by atoms with E-state index in [2.05, 4.69) is 6.92 Å². The van der Waals surface area contributed by atoms with Crippen molar-refractivity contribution in [3.05, 3.63) is 23.3 Å². The maximum Gasteiger partial charge on any atom is 0.231 e. The molecular weight excluding hydrogens is 388 g/mol. The van der Waals surface area contributed by atoms with E-state index in [-0.39, 0.29) is 24.4 Å². The highest BCUT2D eigenvalue weighted by atomic mass is 16.7. The molecule has 2 atom stereocenters. The van der Waals surface area contributed by atoms with Gasteiger partial charge in [0.1, 0.15) is 0 Å². The van der Waals surface area contributed by atoms with Gasteiger partial charge < -0.3 is 28.4 Å². The summed E-state index contributed by atoms with van der Waals surface area (Å²) in [5.41, 5.74) is 2.86. The standard InChI is InChI=1S/C23H26O7/c1-11-7-13-8-16-21(30-10-29-16)22(27-5)17(13)18-14(19(24)12(11)2)9-15(25-3)20(26-4)23(18)28-6/h8-9,11-12H,7,10H2,1-6H3/t11-,12-/m0/s1. The third kappa shape index (κ3) is 2.83. The summed E-state index contributed by atoms with van der Waals surface area (Å²) >= 11 is 0. The molecule has 0 aromatic heterocycles. The van der Waals surface area contributed by atoms with Gasteiger partial charge in [0.15, 0.2) is 28.8 Å². The van der Waals surface area contributed by atoms with Crippen LogP contribution in [0.25, 0.3) is 11.1 Å². The molecule has 0 saturated heterocycles. The number of hydrogen-bond donors (Lipinski definition) is 0. The van der Waals surface area contributed by atoms with Crippen LogP contribution in [0.5, 0.6) is 34.5 Å². The summed E-state index contributed by atoms with van der Waals surface area (Å²) in [4.78, 5) is 13.5. The Morgan fingerprint density at radius 2 is 1.57 bits per heavy atom. The van der Waals surface area contributed by atoms with E-state index in [0.717, 1.165) is 11.1 Å². The highest BCUT2D eigenvalue weighted by molar-refractivity contribution is 6.08. The van der Waals surface area contributed by atoms with Crippen LogP contribution in [0.4, 0.5) is 0 Å². The van der Waals surface area contributed by atoms with Crippen LogP contribution >= 0.6 is 0 Å². The van der Waals surface area contributed by atoms with E-state index in [1.54, 1.807) is 27.4 Å². The maximum atomic E-state index is 13.5. The molecule has 0 N–H and O–H groups in total. The first-order valence-corrected chi connectivity index (χ1v) is 9.83. The van der Waals surface area contributed by atoms with Crippen molar-refractivity contribution in [1.82, 2.24) is 0 Å². The third-order valence-corrected chi connectivity index (χ3v) is 6.06. The molecule has 7 heteroatoms. The molecule has 0 saturated carbocycles. The summed E-state index contributed by atoms with van der Waals surface area (Å²) < 4.78 is 34.0. The molecule has 0 bridgehead atoms. The molecular formula is C23H26O7. The maximum absolute atomic E-state index is 13.5. The summed E-state index contributed by atoms with van der Waals surface area (Å²) in [6.07, 6.45) is 0.673. The Morgan fingerprint density at radius 1 is 0.867 bits per heavy atom. The van der Waals surface area contributed by atoms with Gasteiger partial charge in [-0.1, -0.05) is 13.8 Å². The van der Waals surface area contributed by atoms with Crippen molar-refractivity contribution >= 4 is 5.78 Å². The lowest BCUT2D eigenvalue weighted by Crippen LogP contribution is -2.24. The number of benzene rings is 2. The predicted molar refractivity (Wildman–Crippen MR) is 111 cm³/mol. The van der Waals surface area contributed by atoms with Crippen LogP contribution in [0.1, 0.15) is 29.8 Å². The number of methoxy groups -OCH3 is 4. The van der Waals surface area contributed by atoms with Gasteiger partial charge in [-0.15, -0.1) is 0 Å². The fraction of sp³-hybridized carbons (Fsp3) is 0.435. The highest BCUT2D eigenvalue weighted by Crippen LogP contribution is 2.56. The Kier molecular flexibility index (Phi) is 5.13. The van der Waals surface area contributed by atoms with E-state index < -0.39 is 0 Å². The number of hydrogen-bond acceptors (Lipinski definition) is 7. The molecule has 4 rings (SSSR count). The molecule has 1 aliphatic carbocycles. The van der Waals surface area contributed by atoms with Crippen molar-refractivity contribution in [2.75, 3.05) is 35.2 Å². The van der Waals surface area contributed by atoms with Gasteiger partial charge in [-0.25, -0.2) is 0 Å². The Labute approximate surface area is 175 Å². The van der Waals surface area contributed by atoms with Gasteiger partial charge in [-0.2, -0.15) is 0 Å². The van der Waals surface area contributed by atoms with Crippen LogP contribution in [0.3, 0.4) is 0 Å². The highest BCUT2D eigenvalue weighted by Gasteiger charge is 2.37. The number of fused-ring (bicyclic) bond motifs is 4. The van der Waals surface area contributed by atoms with Crippen LogP contribution < -0.4 is 28.4 Å². The monoisotopic (exact) mass is 414 g/mol. The normalized spacial score (nSPS) is 19.3. The number of ether oxygens (including phenoxy) is 6. The number of ketones is 1. The lowest BCUT2D eigenvalue weighted by Gasteiger charge is -2.29. The van der Waals surface area contributed by atoms with Crippen molar-refractivity contribution < 1.29 is 33.2 Å². The average molecular weight is 414 g/mol. The second kappa shape index (κ2) is 7.63. The Hall–Kier alpha value is -3.09. The zero-order valence-corrected chi connectivity index (χ0v) is 18.1. The molecule has 0 fully saturated rings. The lowest BCUT2D eigenvalue weighted by atomic mass is 9.77. The molecule has 0 unspecified atom stereocenters. The van der Waals surface area contributed by atoms with Crippen LogP contribution in [-0.4, -0.2) is 41.0 Å². The molecule has 0 radical (unpaired) electrons. The van der Waals surface area contributed by atoms with Crippen molar-refractivity contribution in [2.45, 2.75) is 20.3 Å². The minimum absolute atomic E-state index is 0.0159. The molecule has 2 aromatic rings. The van der Waals surface area contributed by atoms with Crippen molar-refractivity contribution in [1.29, 1.82) is 0 Å². The number of rotatable bonds is 4. The van der Waals surface area contributed by atoms with Crippen molar-refractivity contribution in [3.63, 3.8) is 0 Å². The van der Waals surface area contributed by atoms with Crippen LogP contribution in [0, 0.1) is 11.8 Å².